The van der Waals surface area contributed by atoms with Gasteiger partial charge in [-0.3, -0.25) is 4.98 Å². The molecule has 0 aliphatic carbocycles. The molecule has 0 saturated carbocycles. The quantitative estimate of drug-likeness (QED) is 0.839. The predicted molar refractivity (Wildman–Crippen MR) is 65.2 cm³/mol. The molecule has 0 amide bonds. The molecule has 1 aliphatic heterocycles. The smallest absolute Gasteiger partial charge is 0.199 e. The lowest BCUT2D eigenvalue weighted by Gasteiger charge is -2.27. The summed E-state index contributed by atoms with van der Waals surface area (Å²) < 4.78 is 1.70. The highest BCUT2D eigenvalue weighted by atomic mass is 16.3. The number of anilines is 1. The van der Waals surface area contributed by atoms with Crippen LogP contribution in [0.2, 0.25) is 0 Å². The molecule has 2 atom stereocenters. The van der Waals surface area contributed by atoms with Gasteiger partial charge in [0.15, 0.2) is 11.5 Å². The number of rotatable bonds is 3. The first-order valence-corrected chi connectivity index (χ1v) is 6.22. The predicted octanol–water partition coefficient (Wildman–Crippen LogP) is 0.259. The maximum Gasteiger partial charge on any atom is 0.199 e. The molecule has 7 nitrogen and oxygen atoms in total. The molecule has 3 rings (SSSR count). The Morgan fingerprint density at radius 2 is 2.39 bits per heavy atom. The van der Waals surface area contributed by atoms with E-state index in [9.17, 15) is 5.11 Å². The molecule has 1 aliphatic rings. The van der Waals surface area contributed by atoms with Crippen molar-refractivity contribution in [2.45, 2.75) is 38.3 Å². The lowest BCUT2D eigenvalue weighted by Crippen LogP contribution is -2.33. The van der Waals surface area contributed by atoms with Crippen molar-refractivity contribution in [3.8, 4) is 0 Å². The van der Waals surface area contributed by atoms with Gasteiger partial charge in [0.2, 0.25) is 0 Å². The topological polar surface area (TPSA) is 79.4 Å². The van der Waals surface area contributed by atoms with E-state index in [1.807, 2.05) is 6.92 Å². The SMILES string of the molecule is CC(O)CC1CCCN1c1cncc2nnnn12. The first-order valence-electron chi connectivity index (χ1n) is 6.22. The lowest BCUT2D eigenvalue weighted by atomic mass is 10.1. The maximum absolute atomic E-state index is 9.56. The number of aliphatic hydroxyl groups is 1. The molecule has 0 spiro atoms. The number of nitrogens with zero attached hydrogens (tertiary/aromatic N) is 6. The van der Waals surface area contributed by atoms with E-state index < -0.39 is 0 Å². The van der Waals surface area contributed by atoms with Crippen molar-refractivity contribution in [3.63, 3.8) is 0 Å². The Labute approximate surface area is 104 Å². The molecule has 1 N–H and O–H groups in total. The number of tetrazole rings is 1. The summed E-state index contributed by atoms with van der Waals surface area (Å²) in [5, 5.41) is 21.1. The van der Waals surface area contributed by atoms with Crippen LogP contribution in [0.25, 0.3) is 5.65 Å². The van der Waals surface area contributed by atoms with Crippen LogP contribution in [0.1, 0.15) is 26.2 Å². The van der Waals surface area contributed by atoms with Gasteiger partial charge in [-0.1, -0.05) is 0 Å². The summed E-state index contributed by atoms with van der Waals surface area (Å²) in [5.41, 5.74) is 0.648. The molecule has 2 aromatic heterocycles. The van der Waals surface area contributed by atoms with Gasteiger partial charge in [-0.2, -0.15) is 4.52 Å². The normalized spacial score (nSPS) is 21.7. The number of aliphatic hydroxyl groups excluding tert-OH is 1. The number of hydrogen-bond donors (Lipinski definition) is 1. The van der Waals surface area contributed by atoms with Crippen molar-refractivity contribution in [2.75, 3.05) is 11.4 Å². The zero-order valence-corrected chi connectivity index (χ0v) is 10.3. The zero-order valence-electron chi connectivity index (χ0n) is 10.3. The van der Waals surface area contributed by atoms with Gasteiger partial charge in [0.1, 0.15) is 0 Å². The van der Waals surface area contributed by atoms with Gasteiger partial charge in [-0.25, -0.2) is 0 Å². The minimum atomic E-state index is -0.295. The van der Waals surface area contributed by atoms with Crippen LogP contribution in [-0.4, -0.2) is 48.8 Å². The van der Waals surface area contributed by atoms with E-state index >= 15 is 0 Å². The molecule has 1 saturated heterocycles. The van der Waals surface area contributed by atoms with Gasteiger partial charge in [0.25, 0.3) is 0 Å². The summed E-state index contributed by atoms with van der Waals surface area (Å²) in [5.74, 6) is 0.903. The Morgan fingerprint density at radius 3 is 3.22 bits per heavy atom. The molecular weight excluding hydrogens is 232 g/mol. The Kier molecular flexibility index (Phi) is 2.83. The Bertz CT molecular complexity index is 539. The summed E-state index contributed by atoms with van der Waals surface area (Å²) in [4.78, 5) is 6.41. The van der Waals surface area contributed by atoms with E-state index in [2.05, 4.69) is 25.4 Å². The second-order valence-electron chi connectivity index (χ2n) is 4.79. The highest BCUT2D eigenvalue weighted by Crippen LogP contribution is 2.27. The van der Waals surface area contributed by atoms with Crippen molar-refractivity contribution in [1.82, 2.24) is 25.0 Å². The monoisotopic (exact) mass is 248 g/mol. The molecule has 18 heavy (non-hydrogen) atoms. The van der Waals surface area contributed by atoms with Gasteiger partial charge in [-0.05, 0) is 36.6 Å². The number of fused-ring (bicyclic) bond motifs is 1. The summed E-state index contributed by atoms with van der Waals surface area (Å²) in [6.45, 7) is 2.78. The molecule has 0 radical (unpaired) electrons. The summed E-state index contributed by atoms with van der Waals surface area (Å²) in [6.07, 6.45) is 6.10. The molecule has 7 heteroatoms. The number of aromatic nitrogens is 5. The van der Waals surface area contributed by atoms with Crippen LogP contribution in [-0.2, 0) is 0 Å². The van der Waals surface area contributed by atoms with Crippen LogP contribution in [0, 0.1) is 0 Å². The fourth-order valence-electron chi connectivity index (χ4n) is 2.63. The maximum atomic E-state index is 9.56. The molecule has 3 heterocycles. The van der Waals surface area contributed by atoms with Gasteiger partial charge >= 0.3 is 0 Å². The molecular formula is C11H16N6O. The van der Waals surface area contributed by atoms with Crippen LogP contribution >= 0.6 is 0 Å². The summed E-state index contributed by atoms with van der Waals surface area (Å²) in [7, 11) is 0. The molecule has 2 unspecified atom stereocenters. The van der Waals surface area contributed by atoms with Gasteiger partial charge < -0.3 is 10.0 Å². The highest BCUT2D eigenvalue weighted by molar-refractivity contribution is 5.47. The van der Waals surface area contributed by atoms with Gasteiger partial charge in [0.05, 0.1) is 18.5 Å². The van der Waals surface area contributed by atoms with Crippen LogP contribution < -0.4 is 4.90 Å². The fraction of sp³-hybridized carbons (Fsp3) is 0.636. The molecule has 1 fully saturated rings. The van der Waals surface area contributed by atoms with E-state index in [1.54, 1.807) is 16.9 Å². The van der Waals surface area contributed by atoms with Crippen LogP contribution in [0.5, 0.6) is 0 Å². The van der Waals surface area contributed by atoms with Crippen molar-refractivity contribution in [2.24, 2.45) is 0 Å². The fourth-order valence-corrected chi connectivity index (χ4v) is 2.63. The van der Waals surface area contributed by atoms with E-state index in [1.165, 1.54) is 0 Å². The van der Waals surface area contributed by atoms with Crippen molar-refractivity contribution >= 4 is 11.5 Å². The minimum absolute atomic E-state index is 0.295. The Hall–Kier alpha value is -1.76. The second-order valence-corrected chi connectivity index (χ2v) is 4.79. The van der Waals surface area contributed by atoms with Crippen LogP contribution in [0.3, 0.4) is 0 Å². The number of hydrogen-bond acceptors (Lipinski definition) is 6. The van der Waals surface area contributed by atoms with Gasteiger partial charge in [0, 0.05) is 12.6 Å². The average molecular weight is 248 g/mol. The molecule has 96 valence electrons. The second kappa shape index (κ2) is 4.49. The molecule has 0 aromatic carbocycles. The third-order valence-corrected chi connectivity index (χ3v) is 3.38. The Morgan fingerprint density at radius 1 is 1.50 bits per heavy atom. The van der Waals surface area contributed by atoms with E-state index in [4.69, 9.17) is 0 Å². The molecule has 0 bridgehead atoms. The summed E-state index contributed by atoms with van der Waals surface area (Å²) >= 11 is 0. The lowest BCUT2D eigenvalue weighted by molar-refractivity contribution is 0.175. The first kappa shape index (κ1) is 11.3. The third-order valence-electron chi connectivity index (χ3n) is 3.38. The van der Waals surface area contributed by atoms with Crippen molar-refractivity contribution in [1.29, 1.82) is 0 Å². The standard InChI is InChI=1S/C11H16N6O/c1-8(18)5-9-3-2-4-16(9)11-7-12-6-10-13-14-15-17(10)11/h6-9,18H,2-5H2,1H3. The summed E-state index contributed by atoms with van der Waals surface area (Å²) in [6, 6.07) is 0.335. The van der Waals surface area contributed by atoms with E-state index in [0.717, 1.165) is 31.6 Å². The third kappa shape index (κ3) is 1.90. The largest absolute Gasteiger partial charge is 0.393 e. The first-order chi connectivity index (χ1) is 8.75. The van der Waals surface area contributed by atoms with Crippen LogP contribution in [0.4, 0.5) is 5.82 Å². The zero-order chi connectivity index (χ0) is 12.5. The Balaban J connectivity index is 1.95. The van der Waals surface area contributed by atoms with E-state index in [-0.39, 0.29) is 6.10 Å². The van der Waals surface area contributed by atoms with Gasteiger partial charge in [-0.15, -0.1) is 5.10 Å². The average Bonchev–Trinajstić information content (AvgIpc) is 2.95. The van der Waals surface area contributed by atoms with Crippen LogP contribution in [0.15, 0.2) is 12.4 Å². The highest BCUT2D eigenvalue weighted by Gasteiger charge is 2.27. The van der Waals surface area contributed by atoms with Crippen molar-refractivity contribution in [3.05, 3.63) is 12.4 Å². The van der Waals surface area contributed by atoms with E-state index in [0.29, 0.717) is 11.7 Å². The molecule has 2 aromatic rings. The van der Waals surface area contributed by atoms with Crippen molar-refractivity contribution < 1.29 is 5.11 Å². The minimum Gasteiger partial charge on any atom is -0.393 e.